The molecule has 3 aromatic rings. The number of fused-ring (bicyclic) bond motifs is 1. The van der Waals surface area contributed by atoms with E-state index in [1.165, 1.54) is 17.0 Å². The van der Waals surface area contributed by atoms with Gasteiger partial charge in [-0.3, -0.25) is 0 Å². The van der Waals surface area contributed by atoms with Gasteiger partial charge in [0.2, 0.25) is 11.8 Å². The van der Waals surface area contributed by atoms with Gasteiger partial charge in [-0.25, -0.2) is 19.6 Å². The van der Waals surface area contributed by atoms with E-state index in [4.69, 9.17) is 13.9 Å². The van der Waals surface area contributed by atoms with Gasteiger partial charge in [0.05, 0.1) is 12.9 Å². The maximum absolute atomic E-state index is 12.4. The molecule has 0 saturated carbocycles. The van der Waals surface area contributed by atoms with E-state index in [-0.39, 0.29) is 18.3 Å². The van der Waals surface area contributed by atoms with Crippen LogP contribution in [0.25, 0.3) is 17.2 Å². The third-order valence-corrected chi connectivity index (χ3v) is 4.80. The zero-order chi connectivity index (χ0) is 22.9. The van der Waals surface area contributed by atoms with Crippen molar-refractivity contribution < 1.29 is 23.5 Å². The molecule has 11 nitrogen and oxygen atoms in total. The van der Waals surface area contributed by atoms with Crippen molar-refractivity contribution in [1.82, 2.24) is 24.5 Å². The van der Waals surface area contributed by atoms with Crippen molar-refractivity contribution in [1.29, 1.82) is 0 Å². The van der Waals surface area contributed by atoms with Crippen molar-refractivity contribution in [3.05, 3.63) is 30.2 Å². The highest BCUT2D eigenvalue weighted by Gasteiger charge is 2.29. The van der Waals surface area contributed by atoms with Crippen LogP contribution in [0.4, 0.5) is 10.7 Å². The fraction of sp³-hybridized carbons (Fsp3) is 0.476. The average Bonchev–Trinajstić information content (AvgIpc) is 3.42. The summed E-state index contributed by atoms with van der Waals surface area (Å²) in [6.45, 7) is 9.48. The molecule has 0 radical (unpaired) electrons. The Bertz CT molecular complexity index is 1110. The molecule has 1 aliphatic rings. The lowest BCUT2D eigenvalue weighted by atomic mass is 10.2. The molecule has 0 unspecified atom stereocenters. The molecule has 0 bridgehead atoms. The van der Waals surface area contributed by atoms with E-state index in [9.17, 15) is 9.59 Å². The van der Waals surface area contributed by atoms with Crippen LogP contribution in [0.5, 0.6) is 0 Å². The molecule has 4 rings (SSSR count). The number of nitrogens with zero attached hydrogens (tertiary/aromatic N) is 6. The zero-order valence-corrected chi connectivity index (χ0v) is 18.6. The van der Waals surface area contributed by atoms with Crippen LogP contribution in [-0.4, -0.2) is 74.9 Å². The number of piperazine rings is 1. The molecule has 1 saturated heterocycles. The highest BCUT2D eigenvalue weighted by Crippen LogP contribution is 2.23. The fourth-order valence-corrected chi connectivity index (χ4v) is 3.35. The van der Waals surface area contributed by atoms with E-state index in [2.05, 4.69) is 15.1 Å². The van der Waals surface area contributed by atoms with Gasteiger partial charge in [-0.1, -0.05) is 0 Å². The third-order valence-electron chi connectivity index (χ3n) is 4.80. The Balaban J connectivity index is 1.63. The normalized spacial score (nSPS) is 14.6. The van der Waals surface area contributed by atoms with Crippen molar-refractivity contribution >= 4 is 23.7 Å². The van der Waals surface area contributed by atoms with Gasteiger partial charge in [0.25, 0.3) is 0 Å². The Morgan fingerprint density at radius 2 is 1.94 bits per heavy atom. The van der Waals surface area contributed by atoms with Crippen molar-refractivity contribution in [2.45, 2.75) is 33.3 Å². The highest BCUT2D eigenvalue weighted by atomic mass is 16.6. The molecule has 0 N–H and O–H groups in total. The number of hydrogen-bond donors (Lipinski definition) is 0. The molecular weight excluding hydrogens is 416 g/mol. The smallest absolute Gasteiger partial charge is 0.410 e. The minimum atomic E-state index is -0.548. The first-order valence-corrected chi connectivity index (χ1v) is 10.5. The van der Waals surface area contributed by atoms with Crippen LogP contribution in [0.2, 0.25) is 0 Å². The molecule has 1 fully saturated rings. The lowest BCUT2D eigenvalue weighted by Gasteiger charge is -2.35. The molecule has 3 aromatic heterocycles. The van der Waals surface area contributed by atoms with Crippen molar-refractivity contribution in [3.63, 3.8) is 0 Å². The van der Waals surface area contributed by atoms with Crippen LogP contribution < -0.4 is 4.90 Å². The van der Waals surface area contributed by atoms with Gasteiger partial charge in [-0.05, 0) is 39.8 Å². The summed E-state index contributed by atoms with van der Waals surface area (Å²) < 4.78 is 17.5. The van der Waals surface area contributed by atoms with E-state index in [1.807, 2.05) is 25.7 Å². The number of hydrogen-bond acceptors (Lipinski definition) is 9. The summed E-state index contributed by atoms with van der Waals surface area (Å²) in [4.78, 5) is 37.4. The Kier molecular flexibility index (Phi) is 5.72. The summed E-state index contributed by atoms with van der Waals surface area (Å²) in [7, 11) is 0. The number of furan rings is 1. The van der Waals surface area contributed by atoms with Crippen molar-refractivity contribution in [2.75, 3.05) is 37.7 Å². The molecule has 4 heterocycles. The minimum absolute atomic E-state index is 0.216. The predicted octanol–water partition coefficient (Wildman–Crippen LogP) is 2.62. The van der Waals surface area contributed by atoms with Crippen molar-refractivity contribution in [2.24, 2.45) is 0 Å². The number of rotatable bonds is 4. The standard InChI is InChI=1S/C21H26N6O5/c1-5-30-18(28)14-13-22-19(27-17(14)23-16(24-27)15-7-6-12-31-15)25-8-10-26(11-9-25)20(29)32-21(2,3)4/h6-7,12-13H,5,8-11H2,1-4H3. The highest BCUT2D eigenvalue weighted by molar-refractivity contribution is 5.96. The van der Waals surface area contributed by atoms with Crippen LogP contribution in [0.1, 0.15) is 38.1 Å². The summed E-state index contributed by atoms with van der Waals surface area (Å²) in [5.41, 5.74) is -0.00359. The topological polar surface area (TPSA) is 115 Å². The lowest BCUT2D eigenvalue weighted by molar-refractivity contribution is 0.0239. The average molecular weight is 442 g/mol. The predicted molar refractivity (Wildman–Crippen MR) is 114 cm³/mol. The Labute approximate surface area is 184 Å². The molecular formula is C21H26N6O5. The number of carbonyl (C=O) groups excluding carboxylic acids is 2. The maximum atomic E-state index is 12.4. The van der Waals surface area contributed by atoms with Crippen LogP contribution in [0.15, 0.2) is 29.0 Å². The molecule has 0 aliphatic carbocycles. The quantitative estimate of drug-likeness (QED) is 0.562. The van der Waals surface area contributed by atoms with Crippen LogP contribution in [-0.2, 0) is 9.47 Å². The van der Waals surface area contributed by atoms with Crippen LogP contribution in [0.3, 0.4) is 0 Å². The van der Waals surface area contributed by atoms with E-state index < -0.39 is 11.6 Å². The SMILES string of the molecule is CCOC(=O)c1cnc(N2CCN(C(=O)OC(C)(C)C)CC2)n2nc(-c3ccco3)nc12. The van der Waals surface area contributed by atoms with Crippen LogP contribution in [0, 0.1) is 0 Å². The fourth-order valence-electron chi connectivity index (χ4n) is 3.35. The molecule has 11 heteroatoms. The largest absolute Gasteiger partial charge is 0.462 e. The van der Waals surface area contributed by atoms with E-state index in [0.717, 1.165) is 0 Å². The van der Waals surface area contributed by atoms with Gasteiger partial charge in [0.15, 0.2) is 11.4 Å². The van der Waals surface area contributed by atoms with Gasteiger partial charge in [-0.15, -0.1) is 5.10 Å². The number of esters is 1. The van der Waals surface area contributed by atoms with Gasteiger partial charge in [0.1, 0.15) is 11.2 Å². The van der Waals surface area contributed by atoms with Gasteiger partial charge in [0, 0.05) is 32.4 Å². The summed E-state index contributed by atoms with van der Waals surface area (Å²) in [5.74, 6) is 0.804. The first-order valence-electron chi connectivity index (χ1n) is 10.5. The Hall–Kier alpha value is -3.63. The van der Waals surface area contributed by atoms with E-state index in [1.54, 1.807) is 24.0 Å². The molecule has 1 aliphatic heterocycles. The summed E-state index contributed by atoms with van der Waals surface area (Å²) in [6.07, 6.45) is 2.64. The summed E-state index contributed by atoms with van der Waals surface area (Å²) in [5, 5.41) is 4.53. The number of aromatic nitrogens is 4. The number of ether oxygens (including phenoxy) is 2. The minimum Gasteiger partial charge on any atom is -0.462 e. The first-order chi connectivity index (χ1) is 15.3. The lowest BCUT2D eigenvalue weighted by Crippen LogP contribution is -2.50. The summed E-state index contributed by atoms with van der Waals surface area (Å²) >= 11 is 0. The molecule has 170 valence electrons. The first kappa shape index (κ1) is 21.6. The molecule has 32 heavy (non-hydrogen) atoms. The molecule has 1 amide bonds. The second-order valence-electron chi connectivity index (χ2n) is 8.29. The Morgan fingerprint density at radius 3 is 2.56 bits per heavy atom. The van der Waals surface area contributed by atoms with Gasteiger partial charge < -0.3 is 23.7 Å². The zero-order valence-electron chi connectivity index (χ0n) is 18.6. The summed E-state index contributed by atoms with van der Waals surface area (Å²) in [6, 6.07) is 3.48. The second-order valence-corrected chi connectivity index (χ2v) is 8.29. The van der Waals surface area contributed by atoms with E-state index >= 15 is 0 Å². The molecule has 0 atom stereocenters. The van der Waals surface area contributed by atoms with Gasteiger partial charge in [-0.2, -0.15) is 4.52 Å². The molecule has 0 spiro atoms. The Morgan fingerprint density at radius 1 is 1.19 bits per heavy atom. The van der Waals surface area contributed by atoms with Gasteiger partial charge >= 0.3 is 12.1 Å². The molecule has 0 aromatic carbocycles. The van der Waals surface area contributed by atoms with Crippen molar-refractivity contribution in [3.8, 4) is 11.6 Å². The maximum Gasteiger partial charge on any atom is 0.410 e. The third kappa shape index (κ3) is 4.36. The number of anilines is 1. The van der Waals surface area contributed by atoms with E-state index in [0.29, 0.717) is 49.4 Å². The monoisotopic (exact) mass is 442 g/mol. The second kappa shape index (κ2) is 8.48. The number of amides is 1. The number of carbonyl (C=O) groups is 2. The van der Waals surface area contributed by atoms with Crippen LogP contribution >= 0.6 is 0 Å².